The van der Waals surface area contributed by atoms with Crippen LogP contribution in [0.25, 0.3) is 0 Å². The monoisotopic (exact) mass is 388 g/mol. The van der Waals surface area contributed by atoms with Crippen LogP contribution in [0.2, 0.25) is 0 Å². The predicted molar refractivity (Wildman–Crippen MR) is 105 cm³/mol. The zero-order valence-electron chi connectivity index (χ0n) is 16.0. The zero-order valence-corrected chi connectivity index (χ0v) is 16.0. The lowest BCUT2D eigenvalue weighted by Crippen LogP contribution is -2.43. The third-order valence-electron chi connectivity index (χ3n) is 4.61. The van der Waals surface area contributed by atoms with Crippen LogP contribution in [-0.4, -0.2) is 71.8 Å². The van der Waals surface area contributed by atoms with E-state index < -0.39 is 5.60 Å². The van der Waals surface area contributed by atoms with Crippen LogP contribution in [-0.2, 0) is 11.3 Å². The highest BCUT2D eigenvalue weighted by molar-refractivity contribution is 5.32. The molecule has 0 aliphatic carbocycles. The fourth-order valence-corrected chi connectivity index (χ4v) is 3.15. The Labute approximate surface area is 165 Å². The number of rotatable bonds is 11. The van der Waals surface area contributed by atoms with E-state index in [1.807, 2.05) is 29.2 Å². The van der Waals surface area contributed by atoms with Crippen molar-refractivity contribution in [3.8, 4) is 5.75 Å². The van der Waals surface area contributed by atoms with Crippen molar-refractivity contribution in [2.75, 3.05) is 51.0 Å². The first kappa shape index (κ1) is 20.5. The van der Waals surface area contributed by atoms with Gasteiger partial charge in [0.1, 0.15) is 12.4 Å². The minimum Gasteiger partial charge on any atom is -0.491 e. The maximum absolute atomic E-state index is 10.8. The van der Waals surface area contributed by atoms with Crippen LogP contribution >= 0.6 is 0 Å². The quantitative estimate of drug-likeness (QED) is 0.481. The molecule has 0 bridgehead atoms. The molecule has 3 rings (SSSR count). The molecule has 28 heavy (non-hydrogen) atoms. The largest absolute Gasteiger partial charge is 0.491 e. The molecule has 0 saturated carbocycles. The van der Waals surface area contributed by atoms with E-state index in [0.717, 1.165) is 17.9 Å². The molecule has 0 spiro atoms. The summed E-state index contributed by atoms with van der Waals surface area (Å²) in [5, 5.41) is 22.8. The third-order valence-corrected chi connectivity index (χ3v) is 4.61. The Hall–Kier alpha value is -2.26. The minimum absolute atomic E-state index is 0.0227. The molecule has 1 unspecified atom stereocenters. The summed E-state index contributed by atoms with van der Waals surface area (Å²) in [6.45, 7) is 3.71. The number of β-amino-alcohol motifs (C(OH)–C–C–N with tert-alkyl or cyclic N) is 1. The van der Waals surface area contributed by atoms with Gasteiger partial charge in [0.05, 0.1) is 32.0 Å². The minimum atomic E-state index is -0.781. The molecule has 1 atom stereocenters. The number of hydrogen-bond donors (Lipinski definition) is 3. The fraction of sp³-hybridized carbons (Fsp3) is 0.500. The average molecular weight is 388 g/mol. The standard InChI is InChI=1S/C20H28N4O4/c25-10-11-27-12-13-28-18-4-2-17(3-5-18)14-21-15-20(26)6-9-24(16-20)19-22-7-1-8-23-19/h1-5,7-8,21,25-26H,6,9-16H2. The van der Waals surface area contributed by atoms with Crippen molar-refractivity contribution in [2.24, 2.45) is 0 Å². The third kappa shape index (κ3) is 6.13. The molecule has 1 saturated heterocycles. The molecule has 3 N–H and O–H groups in total. The van der Waals surface area contributed by atoms with E-state index in [2.05, 4.69) is 15.3 Å². The molecule has 1 aromatic heterocycles. The summed E-state index contributed by atoms with van der Waals surface area (Å²) in [4.78, 5) is 10.5. The number of ether oxygens (including phenoxy) is 2. The Bertz CT molecular complexity index is 701. The van der Waals surface area contributed by atoms with Gasteiger partial charge in [0.2, 0.25) is 5.95 Å². The second-order valence-corrected chi connectivity index (χ2v) is 6.88. The number of nitrogens with one attached hydrogen (secondary N) is 1. The predicted octanol–water partition coefficient (Wildman–Crippen LogP) is 0.595. The number of aliphatic hydroxyl groups is 2. The van der Waals surface area contributed by atoms with Gasteiger partial charge in [-0.3, -0.25) is 0 Å². The van der Waals surface area contributed by atoms with Crippen molar-refractivity contribution in [1.82, 2.24) is 15.3 Å². The second kappa shape index (κ2) is 10.3. The number of hydrogen-bond acceptors (Lipinski definition) is 8. The molecule has 8 nitrogen and oxygen atoms in total. The first-order valence-corrected chi connectivity index (χ1v) is 9.54. The molecule has 1 aliphatic rings. The lowest BCUT2D eigenvalue weighted by atomic mass is 10.0. The van der Waals surface area contributed by atoms with Crippen molar-refractivity contribution in [3.05, 3.63) is 48.3 Å². The highest BCUT2D eigenvalue weighted by Crippen LogP contribution is 2.23. The molecule has 2 heterocycles. The van der Waals surface area contributed by atoms with E-state index in [-0.39, 0.29) is 6.61 Å². The lowest BCUT2D eigenvalue weighted by Gasteiger charge is -2.24. The molecule has 1 aliphatic heterocycles. The van der Waals surface area contributed by atoms with Crippen molar-refractivity contribution >= 4 is 5.95 Å². The van der Waals surface area contributed by atoms with E-state index in [9.17, 15) is 5.11 Å². The van der Waals surface area contributed by atoms with Gasteiger partial charge in [0.25, 0.3) is 0 Å². The number of aromatic nitrogens is 2. The van der Waals surface area contributed by atoms with Crippen LogP contribution in [0.4, 0.5) is 5.95 Å². The topological polar surface area (TPSA) is 100.0 Å². The van der Waals surface area contributed by atoms with Gasteiger partial charge in [0, 0.05) is 32.0 Å². The number of benzene rings is 1. The highest BCUT2D eigenvalue weighted by atomic mass is 16.5. The van der Waals surface area contributed by atoms with Crippen molar-refractivity contribution in [1.29, 1.82) is 0 Å². The average Bonchev–Trinajstić information content (AvgIpc) is 3.12. The molecular formula is C20H28N4O4. The summed E-state index contributed by atoms with van der Waals surface area (Å²) in [7, 11) is 0. The molecule has 1 aromatic carbocycles. The van der Waals surface area contributed by atoms with Crippen molar-refractivity contribution in [3.63, 3.8) is 0 Å². The van der Waals surface area contributed by atoms with Crippen LogP contribution in [0.15, 0.2) is 42.7 Å². The van der Waals surface area contributed by atoms with Crippen LogP contribution in [0.3, 0.4) is 0 Å². The van der Waals surface area contributed by atoms with Gasteiger partial charge >= 0.3 is 0 Å². The summed E-state index contributed by atoms with van der Waals surface area (Å²) in [6, 6.07) is 9.62. The smallest absolute Gasteiger partial charge is 0.225 e. The molecule has 2 aromatic rings. The summed E-state index contributed by atoms with van der Waals surface area (Å²) in [5.41, 5.74) is 0.338. The van der Waals surface area contributed by atoms with Crippen LogP contribution in [0.1, 0.15) is 12.0 Å². The van der Waals surface area contributed by atoms with Crippen LogP contribution in [0, 0.1) is 0 Å². The Kier molecular flexibility index (Phi) is 7.55. The summed E-state index contributed by atoms with van der Waals surface area (Å²) >= 11 is 0. The fourth-order valence-electron chi connectivity index (χ4n) is 3.15. The first-order chi connectivity index (χ1) is 13.7. The Balaban J connectivity index is 1.38. The Morgan fingerprint density at radius 1 is 1.11 bits per heavy atom. The van der Waals surface area contributed by atoms with Gasteiger partial charge < -0.3 is 29.9 Å². The summed E-state index contributed by atoms with van der Waals surface area (Å²) in [5.74, 6) is 1.44. The molecule has 8 heteroatoms. The summed E-state index contributed by atoms with van der Waals surface area (Å²) in [6.07, 6.45) is 4.12. The van der Waals surface area contributed by atoms with E-state index in [1.54, 1.807) is 18.5 Å². The Morgan fingerprint density at radius 3 is 2.64 bits per heavy atom. The summed E-state index contributed by atoms with van der Waals surface area (Å²) < 4.78 is 10.7. The van der Waals surface area contributed by atoms with Gasteiger partial charge in [-0.25, -0.2) is 9.97 Å². The Morgan fingerprint density at radius 2 is 1.89 bits per heavy atom. The number of nitrogens with zero attached hydrogens (tertiary/aromatic N) is 3. The molecule has 1 fully saturated rings. The van der Waals surface area contributed by atoms with Gasteiger partial charge in [0.15, 0.2) is 0 Å². The zero-order chi connectivity index (χ0) is 19.7. The maximum Gasteiger partial charge on any atom is 0.225 e. The van der Waals surface area contributed by atoms with Crippen molar-refractivity contribution < 1.29 is 19.7 Å². The first-order valence-electron chi connectivity index (χ1n) is 9.54. The van der Waals surface area contributed by atoms with E-state index >= 15 is 0 Å². The number of anilines is 1. The molecular weight excluding hydrogens is 360 g/mol. The van der Waals surface area contributed by atoms with Gasteiger partial charge in [-0.2, -0.15) is 0 Å². The molecule has 152 valence electrons. The molecule has 0 amide bonds. The molecule has 0 radical (unpaired) electrons. The normalized spacial score (nSPS) is 19.1. The van der Waals surface area contributed by atoms with E-state index in [1.165, 1.54) is 0 Å². The van der Waals surface area contributed by atoms with Gasteiger partial charge in [-0.05, 0) is 30.2 Å². The van der Waals surface area contributed by atoms with E-state index in [0.29, 0.717) is 51.8 Å². The van der Waals surface area contributed by atoms with E-state index in [4.69, 9.17) is 14.6 Å². The van der Waals surface area contributed by atoms with Gasteiger partial charge in [-0.15, -0.1) is 0 Å². The highest BCUT2D eigenvalue weighted by Gasteiger charge is 2.36. The lowest BCUT2D eigenvalue weighted by molar-refractivity contribution is 0.0626. The second-order valence-electron chi connectivity index (χ2n) is 6.88. The van der Waals surface area contributed by atoms with Gasteiger partial charge in [-0.1, -0.05) is 12.1 Å². The van der Waals surface area contributed by atoms with Crippen LogP contribution in [0.5, 0.6) is 5.75 Å². The van der Waals surface area contributed by atoms with Crippen molar-refractivity contribution in [2.45, 2.75) is 18.6 Å². The maximum atomic E-state index is 10.8. The van der Waals surface area contributed by atoms with Crippen LogP contribution < -0.4 is 15.0 Å². The SMILES string of the molecule is OCCOCCOc1ccc(CNCC2(O)CCN(c3ncccn3)C2)cc1. The number of aliphatic hydroxyl groups excluding tert-OH is 1.